The summed E-state index contributed by atoms with van der Waals surface area (Å²) in [6, 6.07) is 19.9. The molecule has 0 spiro atoms. The molecule has 0 bridgehead atoms. The van der Waals surface area contributed by atoms with E-state index >= 15 is 0 Å². The summed E-state index contributed by atoms with van der Waals surface area (Å²) in [4.78, 5) is 16.6. The van der Waals surface area contributed by atoms with Crippen molar-refractivity contribution in [3.8, 4) is 11.3 Å². The van der Waals surface area contributed by atoms with Gasteiger partial charge in [0.25, 0.3) is 0 Å². The number of benzene rings is 2. The molecule has 2 aromatic heterocycles. The molecule has 128 valence electrons. The smallest absolute Gasteiger partial charge is 0.229 e. The molecule has 1 amide bonds. The number of aromatic amines is 1. The Morgan fingerprint density at radius 1 is 1.04 bits per heavy atom. The van der Waals surface area contributed by atoms with Crippen LogP contribution in [0.5, 0.6) is 0 Å². The van der Waals surface area contributed by atoms with Gasteiger partial charge in [0.1, 0.15) is 0 Å². The maximum Gasteiger partial charge on any atom is 0.229 e. The Morgan fingerprint density at radius 2 is 1.88 bits per heavy atom. The molecule has 0 atom stereocenters. The molecule has 4 rings (SSSR count). The molecule has 26 heavy (non-hydrogen) atoms. The molecule has 0 aliphatic heterocycles. The molecule has 5 heteroatoms. The van der Waals surface area contributed by atoms with Crippen LogP contribution in [0.15, 0.2) is 66.9 Å². The summed E-state index contributed by atoms with van der Waals surface area (Å²) in [5.41, 5.74) is 3.67. The number of nitrogens with zero attached hydrogens (tertiary/aromatic N) is 2. The Hall–Kier alpha value is -3.47. The first-order chi connectivity index (χ1) is 12.7. The number of rotatable bonds is 4. The van der Waals surface area contributed by atoms with E-state index in [0.29, 0.717) is 12.2 Å². The quantitative estimate of drug-likeness (QED) is 0.586. The van der Waals surface area contributed by atoms with Gasteiger partial charge in [0, 0.05) is 23.5 Å². The van der Waals surface area contributed by atoms with E-state index in [9.17, 15) is 4.79 Å². The maximum absolute atomic E-state index is 12.3. The van der Waals surface area contributed by atoms with Gasteiger partial charge in [0.15, 0.2) is 5.82 Å². The lowest BCUT2D eigenvalue weighted by Gasteiger charge is -2.04. The molecule has 2 N–H and O–H groups in total. The Balaban J connectivity index is 1.45. The highest BCUT2D eigenvalue weighted by Crippen LogP contribution is 2.20. The number of hydrogen-bond donors (Lipinski definition) is 2. The lowest BCUT2D eigenvalue weighted by Crippen LogP contribution is -2.14. The first kappa shape index (κ1) is 16.0. The van der Waals surface area contributed by atoms with Crippen LogP contribution in [0.3, 0.4) is 0 Å². The van der Waals surface area contributed by atoms with Crippen LogP contribution in [0.25, 0.3) is 22.0 Å². The summed E-state index contributed by atoms with van der Waals surface area (Å²) in [5, 5.41) is 12.2. The van der Waals surface area contributed by atoms with E-state index < -0.39 is 0 Å². The first-order valence-electron chi connectivity index (χ1n) is 8.43. The number of carbonyl (C=O) groups excluding carboxylic acids is 1. The first-order valence-corrected chi connectivity index (χ1v) is 8.43. The zero-order valence-electron chi connectivity index (χ0n) is 14.4. The van der Waals surface area contributed by atoms with E-state index in [4.69, 9.17) is 0 Å². The molecule has 0 saturated carbocycles. The van der Waals surface area contributed by atoms with Crippen LogP contribution < -0.4 is 5.32 Å². The zero-order chi connectivity index (χ0) is 17.9. The van der Waals surface area contributed by atoms with E-state index in [1.54, 1.807) is 6.20 Å². The van der Waals surface area contributed by atoms with E-state index in [1.165, 1.54) is 5.39 Å². The van der Waals surface area contributed by atoms with Crippen LogP contribution in [0.1, 0.15) is 11.3 Å². The summed E-state index contributed by atoms with van der Waals surface area (Å²) in [6.45, 7) is 1.94. The van der Waals surface area contributed by atoms with E-state index in [-0.39, 0.29) is 5.91 Å². The Kier molecular flexibility index (Phi) is 4.19. The minimum Gasteiger partial charge on any atom is -0.309 e. The van der Waals surface area contributed by atoms with Crippen molar-refractivity contribution >= 4 is 22.5 Å². The summed E-state index contributed by atoms with van der Waals surface area (Å²) < 4.78 is 0. The molecule has 4 aromatic rings. The number of aryl methyl sites for hydroxylation is 1. The number of hydrogen-bond acceptors (Lipinski definition) is 3. The third-order valence-corrected chi connectivity index (χ3v) is 4.25. The highest BCUT2D eigenvalue weighted by atomic mass is 16.1. The number of amides is 1. The zero-order valence-corrected chi connectivity index (χ0v) is 14.4. The van der Waals surface area contributed by atoms with Crippen molar-refractivity contribution in [2.75, 3.05) is 5.32 Å². The van der Waals surface area contributed by atoms with Gasteiger partial charge in [-0.25, -0.2) is 0 Å². The summed E-state index contributed by atoms with van der Waals surface area (Å²) >= 11 is 0. The fraction of sp³-hybridized carbons (Fsp3) is 0.0952. The van der Waals surface area contributed by atoms with Crippen molar-refractivity contribution in [3.05, 3.63) is 78.1 Å². The summed E-state index contributed by atoms with van der Waals surface area (Å²) in [7, 11) is 0. The SMILES string of the molecule is Cc1ccc(-c2cc(NC(=O)Cc3ccc4ccccc4c3)n[nH]2)cn1. The van der Waals surface area contributed by atoms with E-state index in [2.05, 4.69) is 26.6 Å². The standard InChI is InChI=1S/C21H18N4O/c1-14-6-8-18(13-22-14)19-12-20(25-24-19)23-21(26)11-15-7-9-16-4-2-3-5-17(16)10-15/h2-10,12-13H,11H2,1H3,(H2,23,24,25,26). The molecule has 0 radical (unpaired) electrons. The normalized spacial score (nSPS) is 10.8. The van der Waals surface area contributed by atoms with Crippen LogP contribution in [0.2, 0.25) is 0 Å². The van der Waals surface area contributed by atoms with Gasteiger partial charge >= 0.3 is 0 Å². The van der Waals surface area contributed by atoms with Crippen LogP contribution in [0.4, 0.5) is 5.82 Å². The number of nitrogens with one attached hydrogen (secondary N) is 2. The molecule has 0 aliphatic rings. The highest BCUT2D eigenvalue weighted by Gasteiger charge is 2.09. The van der Waals surface area contributed by atoms with Crippen molar-refractivity contribution < 1.29 is 4.79 Å². The summed E-state index contributed by atoms with van der Waals surface area (Å²) in [5.74, 6) is 0.409. The lowest BCUT2D eigenvalue weighted by molar-refractivity contribution is -0.115. The van der Waals surface area contributed by atoms with Crippen LogP contribution >= 0.6 is 0 Å². The Morgan fingerprint density at radius 3 is 2.69 bits per heavy atom. The largest absolute Gasteiger partial charge is 0.309 e. The fourth-order valence-electron chi connectivity index (χ4n) is 2.88. The predicted molar refractivity (Wildman–Crippen MR) is 103 cm³/mol. The molecule has 0 unspecified atom stereocenters. The maximum atomic E-state index is 12.3. The van der Waals surface area contributed by atoms with Crippen molar-refractivity contribution in [1.82, 2.24) is 15.2 Å². The highest BCUT2D eigenvalue weighted by molar-refractivity contribution is 5.93. The molecule has 5 nitrogen and oxygen atoms in total. The van der Waals surface area contributed by atoms with E-state index in [0.717, 1.165) is 27.9 Å². The molecule has 0 fully saturated rings. The van der Waals surface area contributed by atoms with Crippen LogP contribution in [-0.4, -0.2) is 21.1 Å². The number of aromatic nitrogens is 3. The van der Waals surface area contributed by atoms with Crippen molar-refractivity contribution in [2.24, 2.45) is 0 Å². The summed E-state index contributed by atoms with van der Waals surface area (Å²) in [6.07, 6.45) is 2.09. The lowest BCUT2D eigenvalue weighted by atomic mass is 10.0. The number of carbonyl (C=O) groups is 1. The molecule has 2 aromatic carbocycles. The van der Waals surface area contributed by atoms with Gasteiger partial charge in [-0.2, -0.15) is 5.10 Å². The second-order valence-corrected chi connectivity index (χ2v) is 6.26. The number of fused-ring (bicyclic) bond motifs is 1. The molecule has 0 saturated heterocycles. The average molecular weight is 342 g/mol. The molecule has 0 aliphatic carbocycles. The van der Waals surface area contributed by atoms with Gasteiger partial charge in [-0.05, 0) is 35.4 Å². The second-order valence-electron chi connectivity index (χ2n) is 6.26. The van der Waals surface area contributed by atoms with Crippen LogP contribution in [0, 0.1) is 6.92 Å². The van der Waals surface area contributed by atoms with Crippen LogP contribution in [-0.2, 0) is 11.2 Å². The molecule has 2 heterocycles. The van der Waals surface area contributed by atoms with Crippen molar-refractivity contribution in [3.63, 3.8) is 0 Å². The second kappa shape index (κ2) is 6.80. The fourth-order valence-corrected chi connectivity index (χ4v) is 2.88. The molecular formula is C21H18N4O. The topological polar surface area (TPSA) is 70.7 Å². The van der Waals surface area contributed by atoms with Crippen molar-refractivity contribution in [1.29, 1.82) is 0 Å². The third kappa shape index (κ3) is 3.47. The van der Waals surface area contributed by atoms with Gasteiger partial charge < -0.3 is 5.32 Å². The monoisotopic (exact) mass is 342 g/mol. The predicted octanol–water partition coefficient (Wildman–Crippen LogP) is 4.11. The third-order valence-electron chi connectivity index (χ3n) is 4.25. The Labute approximate surface area is 151 Å². The van der Waals surface area contributed by atoms with Gasteiger partial charge in [0.05, 0.1) is 12.1 Å². The number of H-pyrrole nitrogens is 1. The van der Waals surface area contributed by atoms with Gasteiger partial charge in [-0.15, -0.1) is 0 Å². The van der Waals surface area contributed by atoms with Gasteiger partial charge in [-0.3, -0.25) is 14.9 Å². The van der Waals surface area contributed by atoms with Crippen molar-refractivity contribution in [2.45, 2.75) is 13.3 Å². The van der Waals surface area contributed by atoms with Gasteiger partial charge in [0.2, 0.25) is 5.91 Å². The minimum absolute atomic E-state index is 0.0969. The minimum atomic E-state index is -0.0969. The van der Waals surface area contributed by atoms with Gasteiger partial charge in [-0.1, -0.05) is 42.5 Å². The average Bonchev–Trinajstić information content (AvgIpc) is 3.10. The Bertz CT molecular complexity index is 1070. The number of pyridine rings is 1. The number of anilines is 1. The molecular weight excluding hydrogens is 324 g/mol. The van der Waals surface area contributed by atoms with E-state index in [1.807, 2.05) is 61.5 Å².